The van der Waals surface area contributed by atoms with Crippen LogP contribution in [0, 0.1) is 5.92 Å². The molecule has 2 aliphatic carbocycles. The number of nitrogens with zero attached hydrogens (tertiary/aromatic N) is 3. The van der Waals surface area contributed by atoms with Gasteiger partial charge < -0.3 is 34.5 Å². The molecule has 5 amide bonds. The van der Waals surface area contributed by atoms with Crippen molar-refractivity contribution in [1.82, 2.24) is 30.1 Å². The van der Waals surface area contributed by atoms with E-state index in [-0.39, 0.29) is 32.4 Å². The van der Waals surface area contributed by atoms with Gasteiger partial charge in [-0.1, -0.05) is 31.1 Å². The highest BCUT2D eigenvalue weighted by Gasteiger charge is 2.62. The largest absolute Gasteiger partial charge is 0.492 e. The molecular weight excluding hydrogens is 785 g/mol. The standard InChI is InChI=1S/C41H58N6O11S/c1-40(2,3)58-38(51)42-33-10-8-6-4-5-7-9-29-23-41(29,37(50)44-59(53,54)32-13-14-32)43-35(48)34-22-31(26-47(34)36(33)49)57-39(52)46-24-27-11-12-30(21-28(27)25-46)56-20-17-45-15-18-55-19-16-45/h7,9,11-12,21,29,31-34H,4-6,8,10,13-20,22-26H2,1-3H3,(H,42,51)(H,43,48)(H,44,50)/b9-7-/t29-,31-,33+,34+,41-/m1/s1. The van der Waals surface area contributed by atoms with Crippen LogP contribution >= 0.6 is 0 Å². The fourth-order valence-corrected chi connectivity index (χ4v) is 9.59. The Morgan fingerprint density at radius 2 is 1.78 bits per heavy atom. The number of sulfonamides is 1. The van der Waals surface area contributed by atoms with Crippen molar-refractivity contribution in [3.63, 3.8) is 0 Å². The maximum Gasteiger partial charge on any atom is 0.410 e. The summed E-state index contributed by atoms with van der Waals surface area (Å²) in [4.78, 5) is 74.4. The molecule has 2 saturated carbocycles. The molecule has 59 heavy (non-hydrogen) atoms. The van der Waals surface area contributed by atoms with Crippen LogP contribution in [0.25, 0.3) is 0 Å². The summed E-state index contributed by atoms with van der Waals surface area (Å²) < 4.78 is 50.8. The zero-order valence-corrected chi connectivity index (χ0v) is 35.1. The van der Waals surface area contributed by atoms with Crippen LogP contribution in [0.3, 0.4) is 0 Å². The lowest BCUT2D eigenvalue weighted by Gasteiger charge is -2.30. The maximum absolute atomic E-state index is 14.5. The van der Waals surface area contributed by atoms with E-state index in [0.29, 0.717) is 57.8 Å². The number of benzene rings is 1. The average molecular weight is 843 g/mol. The minimum atomic E-state index is -3.92. The molecule has 7 rings (SSSR count). The summed E-state index contributed by atoms with van der Waals surface area (Å²) in [6.45, 7) is 10.1. The third-order valence-corrected chi connectivity index (χ3v) is 13.6. The van der Waals surface area contributed by atoms with Gasteiger partial charge in [0.05, 0.1) is 25.0 Å². The molecule has 4 heterocycles. The van der Waals surface area contributed by atoms with Crippen LogP contribution in [0.5, 0.6) is 5.75 Å². The van der Waals surface area contributed by atoms with E-state index in [1.807, 2.05) is 30.4 Å². The second-order valence-corrected chi connectivity index (χ2v) is 19.5. The summed E-state index contributed by atoms with van der Waals surface area (Å²) in [7, 11) is -3.92. The zero-order chi connectivity index (χ0) is 42.0. The number of hydrogen-bond donors (Lipinski definition) is 3. The van der Waals surface area contributed by atoms with E-state index in [4.69, 9.17) is 18.9 Å². The van der Waals surface area contributed by atoms with Crippen LogP contribution in [0.2, 0.25) is 0 Å². The molecule has 0 spiro atoms. The van der Waals surface area contributed by atoms with Crippen molar-refractivity contribution in [2.24, 2.45) is 5.92 Å². The molecule has 17 nitrogen and oxygen atoms in total. The second-order valence-electron chi connectivity index (χ2n) is 17.5. The number of ether oxygens (including phenoxy) is 4. The second kappa shape index (κ2) is 17.7. The summed E-state index contributed by atoms with van der Waals surface area (Å²) in [5, 5.41) is 4.90. The summed E-state index contributed by atoms with van der Waals surface area (Å²) in [5.41, 5.74) is -0.493. The Kier molecular flexibility index (Phi) is 12.8. The highest BCUT2D eigenvalue weighted by atomic mass is 32.2. The van der Waals surface area contributed by atoms with Gasteiger partial charge in [0.25, 0.3) is 5.91 Å². The average Bonchev–Trinajstić information content (AvgIpc) is 4.07. The Hall–Kier alpha value is -4.42. The third kappa shape index (κ3) is 10.7. The Morgan fingerprint density at radius 3 is 2.53 bits per heavy atom. The normalized spacial score (nSPS) is 28.5. The lowest BCUT2D eigenvalue weighted by molar-refractivity contribution is -0.141. The molecule has 1 aromatic rings. The number of allylic oxidation sites excluding steroid dienone is 1. The van der Waals surface area contributed by atoms with Crippen LogP contribution in [-0.4, -0.2) is 134 Å². The Balaban J connectivity index is 1.06. The first kappa shape index (κ1) is 42.7. The van der Waals surface area contributed by atoms with Crippen molar-refractivity contribution in [3.8, 4) is 5.75 Å². The van der Waals surface area contributed by atoms with E-state index in [9.17, 15) is 32.4 Å². The van der Waals surface area contributed by atoms with Gasteiger partial charge in [0.1, 0.15) is 41.7 Å². The summed E-state index contributed by atoms with van der Waals surface area (Å²) in [6, 6.07) is 3.49. The van der Waals surface area contributed by atoms with Gasteiger partial charge in [-0.3, -0.25) is 28.9 Å². The summed E-state index contributed by atoms with van der Waals surface area (Å²) in [6.07, 6.45) is 5.52. The molecule has 0 radical (unpaired) electrons. The Bertz CT molecular complexity index is 1910. The number of carbonyl (C=O) groups excluding carboxylic acids is 5. The number of nitrogens with one attached hydrogen (secondary N) is 3. The molecule has 0 bridgehead atoms. The number of rotatable bonds is 9. The van der Waals surface area contributed by atoms with Gasteiger partial charge in [0.2, 0.25) is 21.8 Å². The molecule has 0 aromatic heterocycles. The van der Waals surface area contributed by atoms with Crippen LogP contribution in [0.1, 0.15) is 89.7 Å². The van der Waals surface area contributed by atoms with Crippen LogP contribution < -0.4 is 20.1 Å². The van der Waals surface area contributed by atoms with Crippen LogP contribution in [0.4, 0.5) is 9.59 Å². The van der Waals surface area contributed by atoms with Crippen molar-refractivity contribution in [1.29, 1.82) is 0 Å². The number of amides is 5. The van der Waals surface area contributed by atoms with E-state index in [1.165, 1.54) is 4.90 Å². The SMILES string of the molecule is CC(C)(C)OC(=O)N[C@H]1CCCCC/C=C\[C@@H]2C[C@@]2(C(=O)NS(=O)(=O)C2CC2)NC(=O)[C@@H]2C[C@@H](OC(=O)N3Cc4ccc(OCCN5CCOCC5)cc4C3)CN2C1=O. The molecule has 6 aliphatic rings. The molecule has 2 saturated heterocycles. The zero-order valence-electron chi connectivity index (χ0n) is 34.2. The van der Waals surface area contributed by atoms with Gasteiger partial charge in [0, 0.05) is 45.1 Å². The van der Waals surface area contributed by atoms with Gasteiger partial charge in [0.15, 0.2) is 0 Å². The van der Waals surface area contributed by atoms with E-state index < -0.39 is 80.4 Å². The molecule has 4 fully saturated rings. The molecule has 0 unspecified atom stereocenters. The van der Waals surface area contributed by atoms with E-state index in [2.05, 4.69) is 20.3 Å². The monoisotopic (exact) mass is 842 g/mol. The molecular formula is C41H58N6O11S. The fraction of sp³-hybridized carbons (Fsp3) is 0.683. The summed E-state index contributed by atoms with van der Waals surface area (Å²) in [5.74, 6) is -1.82. The number of morpholine rings is 1. The fourth-order valence-electron chi connectivity index (χ4n) is 8.22. The number of fused-ring (bicyclic) bond motifs is 3. The molecule has 3 N–H and O–H groups in total. The topological polar surface area (TPSA) is 202 Å². The van der Waals surface area contributed by atoms with Crippen molar-refractivity contribution in [2.75, 3.05) is 46.0 Å². The highest BCUT2D eigenvalue weighted by molar-refractivity contribution is 7.91. The highest BCUT2D eigenvalue weighted by Crippen LogP contribution is 2.46. The van der Waals surface area contributed by atoms with E-state index >= 15 is 0 Å². The van der Waals surface area contributed by atoms with Crippen molar-refractivity contribution < 1.29 is 51.3 Å². The van der Waals surface area contributed by atoms with Gasteiger partial charge >= 0.3 is 12.2 Å². The smallest absolute Gasteiger partial charge is 0.410 e. The molecule has 18 heteroatoms. The van der Waals surface area contributed by atoms with Crippen molar-refractivity contribution in [3.05, 3.63) is 41.5 Å². The van der Waals surface area contributed by atoms with Crippen LogP contribution in [0.15, 0.2) is 30.4 Å². The lowest BCUT2D eigenvalue weighted by Crippen LogP contribution is -2.58. The lowest BCUT2D eigenvalue weighted by atomic mass is 10.0. The van der Waals surface area contributed by atoms with E-state index in [0.717, 1.165) is 43.6 Å². The van der Waals surface area contributed by atoms with Gasteiger partial charge in [-0.25, -0.2) is 18.0 Å². The van der Waals surface area contributed by atoms with Gasteiger partial charge in [-0.2, -0.15) is 0 Å². The first-order valence-corrected chi connectivity index (χ1v) is 22.5. The van der Waals surface area contributed by atoms with Gasteiger partial charge in [-0.05, 0) is 82.6 Å². The molecule has 324 valence electrons. The predicted molar refractivity (Wildman–Crippen MR) is 213 cm³/mol. The first-order chi connectivity index (χ1) is 28.1. The minimum Gasteiger partial charge on any atom is -0.492 e. The van der Waals surface area contributed by atoms with Crippen molar-refractivity contribution >= 4 is 39.9 Å². The molecule has 5 atom stereocenters. The summed E-state index contributed by atoms with van der Waals surface area (Å²) >= 11 is 0. The van der Waals surface area contributed by atoms with Gasteiger partial charge in [-0.15, -0.1) is 0 Å². The first-order valence-electron chi connectivity index (χ1n) is 21.0. The maximum atomic E-state index is 14.5. The quantitative estimate of drug-likeness (QED) is 0.308. The minimum absolute atomic E-state index is 0.0804. The van der Waals surface area contributed by atoms with Crippen molar-refractivity contribution in [2.45, 2.75) is 126 Å². The molecule has 1 aromatic carbocycles. The third-order valence-electron chi connectivity index (χ3n) is 11.7. The Labute approximate surface area is 345 Å². The van der Waals surface area contributed by atoms with E-state index in [1.54, 1.807) is 25.7 Å². The molecule has 4 aliphatic heterocycles. The Morgan fingerprint density at radius 1 is 1.02 bits per heavy atom. The number of hydrogen-bond acceptors (Lipinski definition) is 12. The van der Waals surface area contributed by atoms with Crippen LogP contribution in [-0.2, 0) is 51.7 Å². The predicted octanol–water partition coefficient (Wildman–Crippen LogP) is 2.72. The number of alkyl carbamates (subject to hydrolysis) is 1. The number of carbonyl (C=O) groups is 5.